The third-order valence-electron chi connectivity index (χ3n) is 4.81. The molecule has 0 aliphatic carbocycles. The van der Waals surface area contributed by atoms with Gasteiger partial charge in [-0.25, -0.2) is 9.78 Å². The van der Waals surface area contributed by atoms with E-state index in [1.165, 1.54) is 17.4 Å². The number of nitrogens with zero attached hydrogens (tertiary/aromatic N) is 1. The van der Waals surface area contributed by atoms with Crippen LogP contribution >= 0.6 is 11.3 Å². The summed E-state index contributed by atoms with van der Waals surface area (Å²) in [5.74, 6) is -0.568. The fraction of sp³-hybridized carbons (Fsp3) is 0.190. The molecule has 2 heterocycles. The maximum atomic E-state index is 12.6. The molecule has 2 aromatic carbocycles. The second-order valence-electron chi connectivity index (χ2n) is 6.68. The fourth-order valence-corrected chi connectivity index (χ4v) is 4.17. The van der Waals surface area contributed by atoms with Gasteiger partial charge in [-0.05, 0) is 49.2 Å². The molecule has 28 heavy (non-hydrogen) atoms. The van der Waals surface area contributed by atoms with Crippen molar-refractivity contribution in [3.63, 3.8) is 0 Å². The molecule has 4 aromatic rings. The Hall–Kier alpha value is -3.19. The highest BCUT2D eigenvalue weighted by atomic mass is 32.1. The minimum atomic E-state index is -0.779. The number of nitrogens with one attached hydrogen (secondary N) is 1. The fourth-order valence-electron chi connectivity index (χ4n) is 3.14. The summed E-state index contributed by atoms with van der Waals surface area (Å²) in [6.07, 6.45) is -0.779. The van der Waals surface area contributed by atoms with Gasteiger partial charge in [-0.2, -0.15) is 0 Å². The van der Waals surface area contributed by atoms with Crippen LogP contribution in [0.1, 0.15) is 39.7 Å². The number of rotatable bonds is 3. The van der Waals surface area contributed by atoms with Crippen LogP contribution in [0.25, 0.3) is 21.0 Å². The maximum Gasteiger partial charge on any atom is 0.342 e. The molecule has 0 saturated carbocycles. The lowest BCUT2D eigenvalue weighted by Crippen LogP contribution is -2.17. The average molecular weight is 394 g/mol. The quantitative estimate of drug-likeness (QED) is 0.503. The van der Waals surface area contributed by atoms with E-state index in [4.69, 9.17) is 4.74 Å². The summed E-state index contributed by atoms with van der Waals surface area (Å²) in [6.45, 7) is 5.46. The number of thiophene rings is 1. The molecule has 0 amide bonds. The normalized spacial score (nSPS) is 12.4. The SMILES string of the molecule is Cc1sc2nc(C(C)OC(=O)c3cc4ccccc4cc3O)[nH]c(=O)c2c1C. The van der Waals surface area contributed by atoms with Gasteiger partial charge in [0, 0.05) is 4.88 Å². The maximum absolute atomic E-state index is 12.6. The lowest BCUT2D eigenvalue weighted by molar-refractivity contribution is 0.0317. The summed E-state index contributed by atoms with van der Waals surface area (Å²) < 4.78 is 5.47. The number of phenols is 1. The van der Waals surface area contributed by atoms with E-state index in [1.54, 1.807) is 13.0 Å². The topological polar surface area (TPSA) is 92.3 Å². The van der Waals surface area contributed by atoms with Crippen LogP contribution < -0.4 is 5.56 Å². The van der Waals surface area contributed by atoms with E-state index in [2.05, 4.69) is 9.97 Å². The predicted octanol–water partition coefficient (Wildman–Crippen LogP) is 4.38. The second-order valence-corrected chi connectivity index (χ2v) is 7.88. The van der Waals surface area contributed by atoms with Crippen molar-refractivity contribution in [2.24, 2.45) is 0 Å². The molecule has 7 heteroatoms. The number of aromatic hydroxyl groups is 1. The van der Waals surface area contributed by atoms with Crippen LogP contribution in [0.5, 0.6) is 5.75 Å². The Morgan fingerprint density at radius 2 is 1.89 bits per heavy atom. The number of carbonyl (C=O) groups excluding carboxylic acids is 1. The van der Waals surface area contributed by atoms with Crippen molar-refractivity contribution < 1.29 is 14.6 Å². The van der Waals surface area contributed by atoms with Crippen LogP contribution in [0.3, 0.4) is 0 Å². The summed E-state index contributed by atoms with van der Waals surface area (Å²) in [6, 6.07) is 10.5. The van der Waals surface area contributed by atoms with Gasteiger partial charge in [0.05, 0.1) is 5.39 Å². The zero-order valence-electron chi connectivity index (χ0n) is 15.6. The van der Waals surface area contributed by atoms with Crippen molar-refractivity contribution in [2.75, 3.05) is 0 Å². The monoisotopic (exact) mass is 394 g/mol. The Labute approximate surface area is 164 Å². The van der Waals surface area contributed by atoms with Crippen LogP contribution in [0.15, 0.2) is 41.2 Å². The first-order valence-electron chi connectivity index (χ1n) is 8.78. The van der Waals surface area contributed by atoms with Crippen molar-refractivity contribution in [2.45, 2.75) is 26.9 Å². The van der Waals surface area contributed by atoms with E-state index >= 15 is 0 Å². The van der Waals surface area contributed by atoms with Crippen LogP contribution in [-0.2, 0) is 4.74 Å². The highest BCUT2D eigenvalue weighted by Crippen LogP contribution is 2.29. The van der Waals surface area contributed by atoms with E-state index in [0.717, 1.165) is 21.2 Å². The van der Waals surface area contributed by atoms with Gasteiger partial charge in [0.2, 0.25) is 0 Å². The Balaban J connectivity index is 1.66. The number of phenolic OH excluding ortho intramolecular Hbond substituents is 1. The molecular weight excluding hydrogens is 376 g/mol. The first kappa shape index (κ1) is 18.2. The lowest BCUT2D eigenvalue weighted by Gasteiger charge is -2.13. The average Bonchev–Trinajstić information content (AvgIpc) is 2.95. The number of fused-ring (bicyclic) bond motifs is 2. The number of hydrogen-bond acceptors (Lipinski definition) is 6. The van der Waals surface area contributed by atoms with Crippen LogP contribution in [-0.4, -0.2) is 21.0 Å². The molecule has 1 unspecified atom stereocenters. The third-order valence-corrected chi connectivity index (χ3v) is 5.91. The number of carbonyl (C=O) groups is 1. The summed E-state index contributed by atoms with van der Waals surface area (Å²) in [4.78, 5) is 33.8. The molecule has 0 spiro atoms. The molecule has 0 bridgehead atoms. The Morgan fingerprint density at radius 3 is 2.61 bits per heavy atom. The van der Waals surface area contributed by atoms with E-state index in [1.807, 2.05) is 38.1 Å². The first-order chi connectivity index (χ1) is 13.3. The summed E-state index contributed by atoms with van der Waals surface area (Å²) in [7, 11) is 0. The largest absolute Gasteiger partial charge is 0.507 e. The Kier molecular flexibility index (Phi) is 4.39. The number of H-pyrrole nitrogens is 1. The van der Waals surface area contributed by atoms with Gasteiger partial charge in [0.1, 0.15) is 16.1 Å². The number of aryl methyl sites for hydroxylation is 2. The molecule has 0 aliphatic rings. The Morgan fingerprint density at radius 1 is 1.21 bits per heavy atom. The molecule has 0 aliphatic heterocycles. The number of benzene rings is 2. The summed E-state index contributed by atoms with van der Waals surface area (Å²) in [5.41, 5.74) is 0.723. The number of hydrogen-bond donors (Lipinski definition) is 2. The number of aromatic amines is 1. The van der Waals surface area contributed by atoms with Gasteiger partial charge >= 0.3 is 5.97 Å². The van der Waals surface area contributed by atoms with E-state index in [9.17, 15) is 14.7 Å². The lowest BCUT2D eigenvalue weighted by atomic mass is 10.1. The van der Waals surface area contributed by atoms with Crippen molar-refractivity contribution in [1.29, 1.82) is 0 Å². The van der Waals surface area contributed by atoms with Crippen LogP contribution in [0, 0.1) is 13.8 Å². The smallest absolute Gasteiger partial charge is 0.342 e. The van der Waals surface area contributed by atoms with E-state index < -0.39 is 12.1 Å². The molecule has 2 aromatic heterocycles. The number of ether oxygens (including phenoxy) is 1. The first-order valence-corrected chi connectivity index (χ1v) is 9.59. The predicted molar refractivity (Wildman–Crippen MR) is 109 cm³/mol. The van der Waals surface area contributed by atoms with Gasteiger partial charge in [0.15, 0.2) is 11.9 Å². The molecule has 0 saturated heterocycles. The van der Waals surface area contributed by atoms with Crippen molar-refractivity contribution in [3.8, 4) is 5.75 Å². The van der Waals surface area contributed by atoms with Gasteiger partial charge in [-0.1, -0.05) is 24.3 Å². The van der Waals surface area contributed by atoms with Gasteiger partial charge in [-0.15, -0.1) is 11.3 Å². The van der Waals surface area contributed by atoms with Crippen LogP contribution in [0.2, 0.25) is 0 Å². The number of esters is 1. The number of aromatic nitrogens is 2. The van der Waals surface area contributed by atoms with Crippen molar-refractivity contribution >= 4 is 38.3 Å². The zero-order chi connectivity index (χ0) is 20.0. The molecule has 0 radical (unpaired) electrons. The molecule has 6 nitrogen and oxygen atoms in total. The molecule has 0 fully saturated rings. The highest BCUT2D eigenvalue weighted by molar-refractivity contribution is 7.18. The molecule has 142 valence electrons. The highest BCUT2D eigenvalue weighted by Gasteiger charge is 2.21. The minimum absolute atomic E-state index is 0.0665. The second kappa shape index (κ2) is 6.76. The molecule has 4 rings (SSSR count). The zero-order valence-corrected chi connectivity index (χ0v) is 16.4. The summed E-state index contributed by atoms with van der Waals surface area (Å²) in [5, 5.41) is 12.4. The van der Waals surface area contributed by atoms with E-state index in [0.29, 0.717) is 10.2 Å². The molecular formula is C21H18N2O4S. The van der Waals surface area contributed by atoms with Gasteiger partial charge in [-0.3, -0.25) is 4.79 Å². The molecule has 2 N–H and O–H groups in total. The van der Waals surface area contributed by atoms with Crippen LogP contribution in [0.4, 0.5) is 0 Å². The minimum Gasteiger partial charge on any atom is -0.507 e. The van der Waals surface area contributed by atoms with E-state index in [-0.39, 0.29) is 22.7 Å². The third kappa shape index (κ3) is 3.03. The van der Waals surface area contributed by atoms with Gasteiger partial charge < -0.3 is 14.8 Å². The van der Waals surface area contributed by atoms with Gasteiger partial charge in [0.25, 0.3) is 5.56 Å². The molecule has 1 atom stereocenters. The Bertz CT molecular complexity index is 1290. The standard InChI is InChI=1S/C21H18N2O4S/c1-10-12(3)28-20-17(10)19(25)22-18(23-20)11(2)27-21(26)15-8-13-6-4-5-7-14(13)9-16(15)24/h4-9,11,24H,1-3H3,(H,22,23,25). The van der Waals surface area contributed by atoms with Crippen molar-refractivity contribution in [1.82, 2.24) is 9.97 Å². The summed E-state index contributed by atoms with van der Waals surface area (Å²) >= 11 is 1.43. The van der Waals surface area contributed by atoms with Crippen molar-refractivity contribution in [3.05, 3.63) is 68.6 Å².